The molecule has 172 valence electrons. The van der Waals surface area contributed by atoms with Crippen LogP contribution in [0, 0.1) is 0 Å². The van der Waals surface area contributed by atoms with Crippen molar-refractivity contribution in [2.45, 2.75) is 0 Å². The minimum absolute atomic E-state index is 0.0370. The van der Waals surface area contributed by atoms with E-state index in [0.717, 1.165) is 6.26 Å². The highest BCUT2D eigenvalue weighted by molar-refractivity contribution is 7.92. The van der Waals surface area contributed by atoms with Gasteiger partial charge in [-0.3, -0.25) is 9.52 Å². The molecule has 0 fully saturated rings. The van der Waals surface area contributed by atoms with Gasteiger partial charge in [0.05, 0.1) is 35.4 Å². The third kappa shape index (κ3) is 6.03. The average molecular weight is 488 g/mol. The van der Waals surface area contributed by atoms with Crippen LogP contribution in [-0.2, 0) is 10.0 Å². The average Bonchev–Trinajstić information content (AvgIpc) is 2.77. The summed E-state index contributed by atoms with van der Waals surface area (Å²) >= 11 is 6.12. The lowest BCUT2D eigenvalue weighted by Crippen LogP contribution is -2.27. The molecular formula is C23H22ClN3O5S. The molecule has 0 aliphatic rings. The highest BCUT2D eigenvalue weighted by atomic mass is 35.5. The van der Waals surface area contributed by atoms with E-state index in [1.165, 1.54) is 30.3 Å². The van der Waals surface area contributed by atoms with Gasteiger partial charge < -0.3 is 15.3 Å². The molecule has 0 aromatic heterocycles. The van der Waals surface area contributed by atoms with E-state index in [2.05, 4.69) is 10.0 Å². The first-order valence-electron chi connectivity index (χ1n) is 9.77. The van der Waals surface area contributed by atoms with Crippen molar-refractivity contribution in [2.75, 3.05) is 34.8 Å². The fraction of sp³-hybridized carbons (Fsp3) is 0.130. The smallest absolute Gasteiger partial charge is 0.337 e. The Bertz CT molecular complexity index is 1290. The first-order valence-corrected chi connectivity index (χ1v) is 12.0. The Hall–Kier alpha value is -3.56. The number of anilines is 4. The number of carboxylic acid groups (broad SMARTS) is 1. The quantitative estimate of drug-likeness (QED) is 0.381. The van der Waals surface area contributed by atoms with Crippen LogP contribution in [0.2, 0.25) is 5.02 Å². The number of carboxylic acids is 1. The van der Waals surface area contributed by atoms with Gasteiger partial charge in [-0.1, -0.05) is 23.7 Å². The highest BCUT2D eigenvalue weighted by Gasteiger charge is 2.22. The number of aromatic carboxylic acids is 1. The number of benzene rings is 3. The highest BCUT2D eigenvalue weighted by Crippen LogP contribution is 2.36. The molecule has 3 rings (SSSR count). The zero-order valence-electron chi connectivity index (χ0n) is 17.9. The second kappa shape index (κ2) is 9.93. The molecule has 0 aliphatic heterocycles. The standard InChI is InChI=1S/C23H22ClN3O5S/c1-25-19-13-16(24)9-12-21(19)27(20-6-4-3-5-18(20)23(29)30)14-22(28)15-7-10-17(11-8-15)26-33(2,31)32/h3-13,25-26H,14H2,1-2H3,(H,29,30). The molecule has 8 nitrogen and oxygen atoms in total. The van der Waals surface area contributed by atoms with Gasteiger partial charge in [0.1, 0.15) is 0 Å². The molecule has 3 N–H and O–H groups in total. The Labute approximate surface area is 196 Å². The van der Waals surface area contributed by atoms with E-state index < -0.39 is 16.0 Å². The summed E-state index contributed by atoms with van der Waals surface area (Å²) in [6.45, 7) is -0.167. The van der Waals surface area contributed by atoms with Gasteiger partial charge in [-0.15, -0.1) is 0 Å². The number of carbonyl (C=O) groups excluding carboxylic acids is 1. The Morgan fingerprint density at radius 3 is 2.27 bits per heavy atom. The van der Waals surface area contributed by atoms with Gasteiger partial charge in [-0.25, -0.2) is 13.2 Å². The molecule has 3 aromatic carbocycles. The van der Waals surface area contributed by atoms with Crippen molar-refractivity contribution >= 4 is 56.1 Å². The van der Waals surface area contributed by atoms with Crippen LogP contribution in [0.25, 0.3) is 0 Å². The number of para-hydroxylation sites is 1. The van der Waals surface area contributed by atoms with Crippen LogP contribution in [0.3, 0.4) is 0 Å². The molecule has 3 aromatic rings. The number of carbonyl (C=O) groups is 2. The molecule has 0 spiro atoms. The van der Waals surface area contributed by atoms with Crippen LogP contribution in [0.1, 0.15) is 20.7 Å². The maximum Gasteiger partial charge on any atom is 0.337 e. The third-order valence-corrected chi connectivity index (χ3v) is 5.60. The lowest BCUT2D eigenvalue weighted by atomic mass is 10.1. The number of hydrogen-bond donors (Lipinski definition) is 3. The van der Waals surface area contributed by atoms with E-state index >= 15 is 0 Å². The van der Waals surface area contributed by atoms with Crippen molar-refractivity contribution in [2.24, 2.45) is 0 Å². The molecule has 0 heterocycles. The number of ketones is 1. The molecule has 0 saturated heterocycles. The molecule has 33 heavy (non-hydrogen) atoms. The van der Waals surface area contributed by atoms with Crippen molar-refractivity contribution in [1.82, 2.24) is 0 Å². The molecule has 0 bridgehead atoms. The van der Waals surface area contributed by atoms with E-state index in [1.807, 2.05) is 0 Å². The normalized spacial score (nSPS) is 11.0. The van der Waals surface area contributed by atoms with Crippen LogP contribution in [0.5, 0.6) is 0 Å². The predicted molar refractivity (Wildman–Crippen MR) is 131 cm³/mol. The Morgan fingerprint density at radius 2 is 1.67 bits per heavy atom. The van der Waals surface area contributed by atoms with Crippen LogP contribution < -0.4 is 14.9 Å². The molecule has 0 unspecified atom stereocenters. The van der Waals surface area contributed by atoms with Crippen molar-refractivity contribution in [1.29, 1.82) is 0 Å². The van der Waals surface area contributed by atoms with Crippen molar-refractivity contribution in [3.8, 4) is 0 Å². The zero-order chi connectivity index (χ0) is 24.2. The zero-order valence-corrected chi connectivity index (χ0v) is 19.4. The summed E-state index contributed by atoms with van der Waals surface area (Å²) in [6.07, 6.45) is 1.04. The second-order valence-corrected chi connectivity index (χ2v) is 9.38. The lowest BCUT2D eigenvalue weighted by Gasteiger charge is -2.28. The fourth-order valence-corrected chi connectivity index (χ4v) is 4.04. The minimum Gasteiger partial charge on any atom is -0.478 e. The molecule has 10 heteroatoms. The number of nitrogens with one attached hydrogen (secondary N) is 2. The van der Waals surface area contributed by atoms with E-state index in [4.69, 9.17) is 11.6 Å². The molecule has 0 radical (unpaired) electrons. The number of rotatable bonds is 9. The number of sulfonamides is 1. The molecule has 0 aliphatic carbocycles. The van der Waals surface area contributed by atoms with Gasteiger partial charge in [0, 0.05) is 23.3 Å². The Balaban J connectivity index is 2.03. The number of Topliss-reactive ketones (excluding diaryl/α,β-unsaturated/α-hetero) is 1. The van der Waals surface area contributed by atoms with E-state index in [0.29, 0.717) is 33.3 Å². The van der Waals surface area contributed by atoms with E-state index in [1.54, 1.807) is 48.3 Å². The van der Waals surface area contributed by atoms with Gasteiger partial charge in [0.15, 0.2) is 5.78 Å². The summed E-state index contributed by atoms with van der Waals surface area (Å²) in [5.41, 5.74) is 2.23. The number of hydrogen-bond acceptors (Lipinski definition) is 6. The summed E-state index contributed by atoms with van der Waals surface area (Å²) in [6, 6.07) is 17.5. The summed E-state index contributed by atoms with van der Waals surface area (Å²) < 4.78 is 25.1. The summed E-state index contributed by atoms with van der Waals surface area (Å²) in [5, 5.41) is 13.2. The number of halogens is 1. The third-order valence-electron chi connectivity index (χ3n) is 4.76. The van der Waals surface area contributed by atoms with Crippen molar-refractivity contribution < 1.29 is 23.1 Å². The van der Waals surface area contributed by atoms with Crippen LogP contribution in [0.15, 0.2) is 66.7 Å². The topological polar surface area (TPSA) is 116 Å². The minimum atomic E-state index is -3.44. The molecule has 0 atom stereocenters. The summed E-state index contributed by atoms with van der Waals surface area (Å²) in [7, 11) is -1.74. The molecular weight excluding hydrogens is 466 g/mol. The molecule has 0 saturated carbocycles. The van der Waals surface area contributed by atoms with Crippen molar-refractivity contribution in [3.05, 3.63) is 82.9 Å². The second-order valence-electron chi connectivity index (χ2n) is 7.19. The van der Waals surface area contributed by atoms with E-state index in [-0.39, 0.29) is 17.9 Å². The van der Waals surface area contributed by atoms with Crippen LogP contribution in [0.4, 0.5) is 22.7 Å². The predicted octanol–water partition coefficient (Wildman–Crippen LogP) is 4.47. The van der Waals surface area contributed by atoms with E-state index in [9.17, 15) is 23.1 Å². The Morgan fingerprint density at radius 1 is 1.00 bits per heavy atom. The van der Waals surface area contributed by atoms with Gasteiger partial charge in [-0.2, -0.15) is 0 Å². The fourth-order valence-electron chi connectivity index (χ4n) is 3.31. The van der Waals surface area contributed by atoms with Gasteiger partial charge in [0.2, 0.25) is 10.0 Å². The largest absolute Gasteiger partial charge is 0.478 e. The summed E-state index contributed by atoms with van der Waals surface area (Å²) in [4.78, 5) is 26.6. The van der Waals surface area contributed by atoms with Crippen molar-refractivity contribution in [3.63, 3.8) is 0 Å². The maximum absolute atomic E-state index is 13.2. The van der Waals surface area contributed by atoms with Crippen LogP contribution >= 0.6 is 11.6 Å². The maximum atomic E-state index is 13.2. The van der Waals surface area contributed by atoms with Crippen LogP contribution in [-0.4, -0.2) is 45.1 Å². The number of nitrogens with zero attached hydrogens (tertiary/aromatic N) is 1. The monoisotopic (exact) mass is 487 g/mol. The van der Waals surface area contributed by atoms with Gasteiger partial charge in [-0.05, 0) is 54.6 Å². The lowest BCUT2D eigenvalue weighted by molar-refractivity contribution is 0.0697. The first-order chi connectivity index (χ1) is 15.6. The van der Waals surface area contributed by atoms with Gasteiger partial charge in [0.25, 0.3) is 0 Å². The van der Waals surface area contributed by atoms with Gasteiger partial charge >= 0.3 is 5.97 Å². The first kappa shape index (κ1) is 24.1. The molecule has 0 amide bonds. The SMILES string of the molecule is CNc1cc(Cl)ccc1N(CC(=O)c1ccc(NS(C)(=O)=O)cc1)c1ccccc1C(=O)O. The summed E-state index contributed by atoms with van der Waals surface area (Å²) in [5.74, 6) is -1.42. The Kier molecular flexibility index (Phi) is 7.25.